The molecule has 3 rings (SSSR count). The number of pyridine rings is 1. The highest BCUT2D eigenvalue weighted by Gasteiger charge is 2.08. The Hall–Kier alpha value is -2.89. The van der Waals surface area contributed by atoms with Crippen LogP contribution >= 0.6 is 0 Å². The summed E-state index contributed by atoms with van der Waals surface area (Å²) < 4.78 is 7.08. The van der Waals surface area contributed by atoms with Gasteiger partial charge in [-0.05, 0) is 25.1 Å². The highest BCUT2D eigenvalue weighted by Crippen LogP contribution is 2.14. The molecule has 0 atom stereocenters. The maximum Gasteiger partial charge on any atom is 0.252 e. The molecule has 0 spiro atoms. The molecule has 1 N–H and O–H groups in total. The summed E-state index contributed by atoms with van der Waals surface area (Å²) in [6.07, 6.45) is 1.51. The second-order valence-corrected chi connectivity index (χ2v) is 5.14. The van der Waals surface area contributed by atoms with Crippen molar-refractivity contribution in [2.24, 2.45) is 0 Å². The topological polar surface area (TPSA) is 69.0 Å². The molecule has 0 aliphatic carbocycles. The van der Waals surface area contributed by atoms with Gasteiger partial charge in [0.2, 0.25) is 5.88 Å². The number of para-hydroxylation sites is 2. The predicted molar refractivity (Wildman–Crippen MR) is 87.6 cm³/mol. The van der Waals surface area contributed by atoms with E-state index in [0.717, 1.165) is 16.9 Å². The van der Waals surface area contributed by atoms with Crippen LogP contribution in [0, 0.1) is 6.92 Å². The molecule has 1 amide bonds. The Morgan fingerprint density at radius 2 is 2.09 bits per heavy atom. The van der Waals surface area contributed by atoms with Crippen molar-refractivity contribution in [3.63, 3.8) is 0 Å². The molecule has 1 aromatic carbocycles. The molecule has 118 valence electrons. The van der Waals surface area contributed by atoms with E-state index in [1.807, 2.05) is 31.2 Å². The highest BCUT2D eigenvalue weighted by atomic mass is 16.5. The molecule has 23 heavy (non-hydrogen) atoms. The van der Waals surface area contributed by atoms with E-state index in [0.29, 0.717) is 24.5 Å². The van der Waals surface area contributed by atoms with Crippen molar-refractivity contribution in [2.45, 2.75) is 13.5 Å². The van der Waals surface area contributed by atoms with Crippen LogP contribution in [0.2, 0.25) is 0 Å². The lowest BCUT2D eigenvalue weighted by Gasteiger charge is -2.09. The number of amides is 1. The van der Waals surface area contributed by atoms with Crippen molar-refractivity contribution in [1.82, 2.24) is 19.9 Å². The largest absolute Gasteiger partial charge is 0.481 e. The van der Waals surface area contributed by atoms with E-state index in [1.165, 1.54) is 6.20 Å². The Bertz CT molecular complexity index is 824. The molecule has 0 fully saturated rings. The van der Waals surface area contributed by atoms with Gasteiger partial charge in [0.1, 0.15) is 5.82 Å². The summed E-state index contributed by atoms with van der Waals surface area (Å²) >= 11 is 0. The van der Waals surface area contributed by atoms with Crippen molar-refractivity contribution in [2.75, 3.05) is 13.7 Å². The van der Waals surface area contributed by atoms with Crippen molar-refractivity contribution in [3.8, 4) is 5.88 Å². The number of aromatic nitrogens is 3. The lowest BCUT2D eigenvalue weighted by Crippen LogP contribution is -2.27. The van der Waals surface area contributed by atoms with Gasteiger partial charge in [-0.2, -0.15) is 0 Å². The molecule has 0 saturated heterocycles. The normalized spacial score (nSPS) is 10.7. The van der Waals surface area contributed by atoms with Crippen LogP contribution in [0.1, 0.15) is 16.2 Å². The van der Waals surface area contributed by atoms with E-state index < -0.39 is 0 Å². The number of methoxy groups -OCH3 is 1. The molecule has 2 aromatic heterocycles. The summed E-state index contributed by atoms with van der Waals surface area (Å²) in [7, 11) is 1.54. The van der Waals surface area contributed by atoms with Gasteiger partial charge in [0, 0.05) is 25.4 Å². The van der Waals surface area contributed by atoms with Crippen molar-refractivity contribution in [1.29, 1.82) is 0 Å². The third kappa shape index (κ3) is 3.15. The van der Waals surface area contributed by atoms with Crippen LogP contribution in [0.15, 0.2) is 42.6 Å². The number of aryl methyl sites for hydroxylation is 1. The Labute approximate surface area is 134 Å². The summed E-state index contributed by atoms with van der Waals surface area (Å²) in [6, 6.07) is 11.3. The molecule has 6 heteroatoms. The minimum absolute atomic E-state index is 0.151. The molecule has 0 aliphatic rings. The third-order valence-electron chi connectivity index (χ3n) is 3.67. The Morgan fingerprint density at radius 1 is 1.26 bits per heavy atom. The predicted octanol–water partition coefficient (Wildman–Crippen LogP) is 2.18. The standard InChI is InChI=1S/C17H18N4O2/c1-12-20-14-5-3-4-6-15(14)21(12)10-9-18-17(22)13-7-8-16(23-2)19-11-13/h3-8,11H,9-10H2,1-2H3,(H,18,22). The first-order valence-electron chi connectivity index (χ1n) is 7.39. The number of carbonyl (C=O) groups is 1. The van der Waals surface area contributed by atoms with E-state index in [-0.39, 0.29) is 5.91 Å². The lowest BCUT2D eigenvalue weighted by atomic mass is 10.2. The Kier molecular flexibility index (Phi) is 4.23. The van der Waals surface area contributed by atoms with Crippen LogP contribution in [0.3, 0.4) is 0 Å². The number of carbonyl (C=O) groups excluding carboxylic acids is 1. The minimum atomic E-state index is -0.151. The van der Waals surface area contributed by atoms with E-state index in [1.54, 1.807) is 19.2 Å². The monoisotopic (exact) mass is 310 g/mol. The van der Waals surface area contributed by atoms with Gasteiger partial charge in [-0.15, -0.1) is 0 Å². The quantitative estimate of drug-likeness (QED) is 0.784. The Balaban J connectivity index is 1.64. The first-order chi connectivity index (χ1) is 11.2. The van der Waals surface area contributed by atoms with Crippen LogP contribution in [-0.4, -0.2) is 34.1 Å². The SMILES string of the molecule is COc1ccc(C(=O)NCCn2c(C)nc3ccccc32)cn1. The van der Waals surface area contributed by atoms with E-state index >= 15 is 0 Å². The summed E-state index contributed by atoms with van der Waals surface area (Å²) in [4.78, 5) is 20.7. The lowest BCUT2D eigenvalue weighted by molar-refractivity contribution is 0.0952. The fourth-order valence-corrected chi connectivity index (χ4v) is 2.50. The minimum Gasteiger partial charge on any atom is -0.481 e. The molecule has 2 heterocycles. The van der Waals surface area contributed by atoms with Crippen LogP contribution in [0.4, 0.5) is 0 Å². The molecule has 0 radical (unpaired) electrons. The first-order valence-corrected chi connectivity index (χ1v) is 7.39. The first kappa shape index (κ1) is 15.0. The average Bonchev–Trinajstić information content (AvgIpc) is 2.90. The summed E-state index contributed by atoms with van der Waals surface area (Å²) in [5, 5.41) is 2.90. The van der Waals surface area contributed by atoms with Crippen LogP contribution in [0.5, 0.6) is 5.88 Å². The summed E-state index contributed by atoms with van der Waals surface area (Å²) in [6.45, 7) is 3.16. The van der Waals surface area contributed by atoms with Gasteiger partial charge < -0.3 is 14.6 Å². The number of imidazole rings is 1. The van der Waals surface area contributed by atoms with Crippen LogP contribution in [-0.2, 0) is 6.54 Å². The Morgan fingerprint density at radius 3 is 2.83 bits per heavy atom. The fraction of sp³-hybridized carbons (Fsp3) is 0.235. The smallest absolute Gasteiger partial charge is 0.252 e. The number of nitrogens with zero attached hydrogens (tertiary/aromatic N) is 3. The van der Waals surface area contributed by atoms with Crippen LogP contribution in [0.25, 0.3) is 11.0 Å². The van der Waals surface area contributed by atoms with Crippen molar-refractivity contribution < 1.29 is 9.53 Å². The van der Waals surface area contributed by atoms with Crippen LogP contribution < -0.4 is 10.1 Å². The van der Waals surface area contributed by atoms with Gasteiger partial charge in [-0.1, -0.05) is 12.1 Å². The molecule has 6 nitrogen and oxygen atoms in total. The number of hydrogen-bond donors (Lipinski definition) is 1. The number of benzene rings is 1. The zero-order chi connectivity index (χ0) is 16.2. The fourth-order valence-electron chi connectivity index (χ4n) is 2.50. The van der Waals surface area contributed by atoms with Gasteiger partial charge in [0.15, 0.2) is 0 Å². The maximum absolute atomic E-state index is 12.1. The van der Waals surface area contributed by atoms with Gasteiger partial charge in [0.05, 0.1) is 23.7 Å². The highest BCUT2D eigenvalue weighted by molar-refractivity contribution is 5.93. The van der Waals surface area contributed by atoms with E-state index in [4.69, 9.17) is 4.74 Å². The van der Waals surface area contributed by atoms with Gasteiger partial charge in [-0.3, -0.25) is 4.79 Å². The zero-order valence-corrected chi connectivity index (χ0v) is 13.1. The van der Waals surface area contributed by atoms with Gasteiger partial charge in [0.25, 0.3) is 5.91 Å². The van der Waals surface area contributed by atoms with Crippen molar-refractivity contribution >= 4 is 16.9 Å². The van der Waals surface area contributed by atoms with Crippen molar-refractivity contribution in [3.05, 3.63) is 54.0 Å². The molecule has 3 aromatic rings. The summed E-state index contributed by atoms with van der Waals surface area (Å²) in [5.41, 5.74) is 2.55. The number of rotatable bonds is 5. The molecule has 0 saturated carbocycles. The molecular formula is C17H18N4O2. The average molecular weight is 310 g/mol. The van der Waals surface area contributed by atoms with E-state index in [2.05, 4.69) is 19.9 Å². The summed E-state index contributed by atoms with van der Waals surface area (Å²) in [5.74, 6) is 1.27. The number of hydrogen-bond acceptors (Lipinski definition) is 4. The van der Waals surface area contributed by atoms with Gasteiger partial charge in [-0.25, -0.2) is 9.97 Å². The number of fused-ring (bicyclic) bond motifs is 1. The molecule has 0 bridgehead atoms. The molecule has 0 unspecified atom stereocenters. The number of ether oxygens (including phenoxy) is 1. The maximum atomic E-state index is 12.1. The second kappa shape index (κ2) is 6.48. The second-order valence-electron chi connectivity index (χ2n) is 5.14. The number of nitrogens with one attached hydrogen (secondary N) is 1. The van der Waals surface area contributed by atoms with Gasteiger partial charge >= 0.3 is 0 Å². The molecular weight excluding hydrogens is 292 g/mol. The molecule has 0 aliphatic heterocycles. The third-order valence-corrected chi connectivity index (χ3v) is 3.67. The zero-order valence-electron chi connectivity index (χ0n) is 13.1. The van der Waals surface area contributed by atoms with E-state index in [9.17, 15) is 4.79 Å².